The van der Waals surface area contributed by atoms with Gasteiger partial charge in [0.2, 0.25) is 0 Å². The predicted molar refractivity (Wildman–Crippen MR) is 58.9 cm³/mol. The monoisotopic (exact) mass is 250 g/mol. The second kappa shape index (κ2) is 5.63. The van der Waals surface area contributed by atoms with E-state index < -0.39 is 21.1 Å². The summed E-state index contributed by atoms with van der Waals surface area (Å²) in [5.74, 6) is -0.492. The Morgan fingerprint density at radius 2 is 2.25 bits per heavy atom. The van der Waals surface area contributed by atoms with Crippen LogP contribution < -0.4 is 0 Å². The van der Waals surface area contributed by atoms with E-state index in [0.717, 1.165) is 12.8 Å². The minimum absolute atomic E-state index is 0.00512. The highest BCUT2D eigenvalue weighted by Crippen LogP contribution is 2.17. The molecule has 0 spiro atoms. The van der Waals surface area contributed by atoms with Crippen LogP contribution in [-0.4, -0.2) is 45.2 Å². The van der Waals surface area contributed by atoms with Crippen molar-refractivity contribution in [3.63, 3.8) is 0 Å². The third-order valence-electron chi connectivity index (χ3n) is 2.74. The van der Waals surface area contributed by atoms with Crippen LogP contribution in [0.3, 0.4) is 0 Å². The summed E-state index contributed by atoms with van der Waals surface area (Å²) in [4.78, 5) is 11.0. The Bertz CT molecular complexity index is 329. The largest absolute Gasteiger partial charge is 0.469 e. The summed E-state index contributed by atoms with van der Waals surface area (Å²) < 4.78 is 33.4. The highest BCUT2D eigenvalue weighted by molar-refractivity contribution is 7.92. The second-order valence-corrected chi connectivity index (χ2v) is 6.52. The van der Waals surface area contributed by atoms with Crippen LogP contribution in [-0.2, 0) is 24.1 Å². The van der Waals surface area contributed by atoms with Gasteiger partial charge in [-0.25, -0.2) is 8.42 Å². The van der Waals surface area contributed by atoms with Gasteiger partial charge in [0.15, 0.2) is 9.84 Å². The van der Waals surface area contributed by atoms with Crippen LogP contribution in [0.4, 0.5) is 0 Å². The van der Waals surface area contributed by atoms with Crippen LogP contribution >= 0.6 is 0 Å². The molecule has 0 N–H and O–H groups in total. The van der Waals surface area contributed by atoms with Gasteiger partial charge in [-0.15, -0.1) is 0 Å². The topological polar surface area (TPSA) is 69.7 Å². The van der Waals surface area contributed by atoms with E-state index in [1.165, 1.54) is 14.0 Å². The molecule has 2 atom stereocenters. The van der Waals surface area contributed by atoms with Crippen LogP contribution in [0.15, 0.2) is 0 Å². The first-order chi connectivity index (χ1) is 7.45. The van der Waals surface area contributed by atoms with Gasteiger partial charge in [0.25, 0.3) is 0 Å². The van der Waals surface area contributed by atoms with Gasteiger partial charge >= 0.3 is 5.97 Å². The zero-order valence-electron chi connectivity index (χ0n) is 9.64. The predicted octanol–water partition coefficient (Wildman–Crippen LogP) is 0.532. The third-order valence-corrected chi connectivity index (χ3v) is 4.97. The van der Waals surface area contributed by atoms with Crippen molar-refractivity contribution in [2.45, 2.75) is 37.5 Å². The number of sulfone groups is 1. The van der Waals surface area contributed by atoms with E-state index in [2.05, 4.69) is 4.74 Å². The Morgan fingerprint density at radius 3 is 2.75 bits per heavy atom. The minimum atomic E-state index is -3.27. The van der Waals surface area contributed by atoms with E-state index in [4.69, 9.17) is 4.74 Å². The molecule has 1 fully saturated rings. The molecule has 2 unspecified atom stereocenters. The van der Waals surface area contributed by atoms with Crippen LogP contribution in [0, 0.1) is 0 Å². The van der Waals surface area contributed by atoms with Gasteiger partial charge in [-0.3, -0.25) is 4.79 Å². The number of ether oxygens (including phenoxy) is 2. The van der Waals surface area contributed by atoms with Crippen molar-refractivity contribution in [1.82, 2.24) is 0 Å². The molecule has 0 aromatic carbocycles. The molecule has 0 aliphatic carbocycles. The van der Waals surface area contributed by atoms with E-state index >= 15 is 0 Å². The van der Waals surface area contributed by atoms with E-state index in [0.29, 0.717) is 6.61 Å². The quantitative estimate of drug-likeness (QED) is 0.666. The van der Waals surface area contributed by atoms with Crippen molar-refractivity contribution in [2.24, 2.45) is 0 Å². The van der Waals surface area contributed by atoms with Crippen molar-refractivity contribution >= 4 is 15.8 Å². The maximum atomic E-state index is 11.9. The molecule has 5 nitrogen and oxygen atoms in total. The average molecular weight is 250 g/mol. The molecule has 16 heavy (non-hydrogen) atoms. The lowest BCUT2D eigenvalue weighted by molar-refractivity contribution is -0.140. The zero-order chi connectivity index (χ0) is 12.2. The molecule has 0 radical (unpaired) electrons. The van der Waals surface area contributed by atoms with Gasteiger partial charge in [0.1, 0.15) is 0 Å². The lowest BCUT2D eigenvalue weighted by Crippen LogP contribution is -2.30. The summed E-state index contributed by atoms with van der Waals surface area (Å²) in [6, 6.07) is 0. The summed E-state index contributed by atoms with van der Waals surface area (Å²) in [6.45, 7) is 2.16. The van der Waals surface area contributed by atoms with Crippen molar-refractivity contribution in [3.8, 4) is 0 Å². The molecule has 1 saturated heterocycles. The molecule has 0 aromatic rings. The van der Waals surface area contributed by atoms with Gasteiger partial charge < -0.3 is 9.47 Å². The SMILES string of the molecule is COC(=O)CC(C)S(=O)(=O)CC1CCCO1. The Balaban J connectivity index is 2.51. The van der Waals surface area contributed by atoms with Crippen molar-refractivity contribution in [2.75, 3.05) is 19.5 Å². The number of carbonyl (C=O) groups excluding carboxylic acids is 1. The molecular weight excluding hydrogens is 232 g/mol. The lowest BCUT2D eigenvalue weighted by Gasteiger charge is -2.14. The van der Waals surface area contributed by atoms with Crippen LogP contribution in [0.25, 0.3) is 0 Å². The highest BCUT2D eigenvalue weighted by atomic mass is 32.2. The fourth-order valence-electron chi connectivity index (χ4n) is 1.64. The summed E-state index contributed by atoms with van der Waals surface area (Å²) in [7, 11) is -2.02. The minimum Gasteiger partial charge on any atom is -0.469 e. The van der Waals surface area contributed by atoms with Gasteiger partial charge in [-0.05, 0) is 19.8 Å². The maximum Gasteiger partial charge on any atom is 0.306 e. The molecule has 1 aliphatic rings. The zero-order valence-corrected chi connectivity index (χ0v) is 10.5. The van der Waals surface area contributed by atoms with Crippen molar-refractivity contribution < 1.29 is 22.7 Å². The molecule has 0 amide bonds. The van der Waals surface area contributed by atoms with E-state index in [1.807, 2.05) is 0 Å². The van der Waals surface area contributed by atoms with Gasteiger partial charge in [0.05, 0.1) is 30.6 Å². The fraction of sp³-hybridized carbons (Fsp3) is 0.900. The van der Waals surface area contributed by atoms with Gasteiger partial charge in [0, 0.05) is 6.61 Å². The maximum absolute atomic E-state index is 11.9. The molecule has 0 saturated carbocycles. The fourth-order valence-corrected chi connectivity index (χ4v) is 3.14. The third kappa shape index (κ3) is 3.75. The van der Waals surface area contributed by atoms with Gasteiger partial charge in [-0.1, -0.05) is 0 Å². The molecule has 6 heteroatoms. The molecular formula is C10H18O5S. The van der Waals surface area contributed by atoms with E-state index in [1.54, 1.807) is 0 Å². The molecule has 1 rings (SSSR count). The molecule has 94 valence electrons. The summed E-state index contributed by atoms with van der Waals surface area (Å²) in [5.41, 5.74) is 0. The van der Waals surface area contributed by atoms with E-state index in [-0.39, 0.29) is 18.3 Å². The Morgan fingerprint density at radius 1 is 1.56 bits per heavy atom. The molecule has 1 heterocycles. The van der Waals surface area contributed by atoms with Crippen molar-refractivity contribution in [3.05, 3.63) is 0 Å². The second-order valence-electron chi connectivity index (χ2n) is 4.06. The Kier molecular flexibility index (Phi) is 4.73. The number of methoxy groups -OCH3 is 1. The van der Waals surface area contributed by atoms with Crippen LogP contribution in [0.5, 0.6) is 0 Å². The molecule has 0 bridgehead atoms. The summed E-state index contributed by atoms with van der Waals surface area (Å²) in [5, 5.41) is -0.704. The first kappa shape index (κ1) is 13.4. The first-order valence-corrected chi connectivity index (χ1v) is 7.07. The van der Waals surface area contributed by atoms with E-state index in [9.17, 15) is 13.2 Å². The number of rotatable bonds is 5. The smallest absolute Gasteiger partial charge is 0.306 e. The summed E-state index contributed by atoms with van der Waals surface area (Å²) >= 11 is 0. The van der Waals surface area contributed by atoms with Crippen LogP contribution in [0.2, 0.25) is 0 Å². The number of hydrogen-bond acceptors (Lipinski definition) is 5. The lowest BCUT2D eigenvalue weighted by atomic mass is 10.3. The average Bonchev–Trinajstić information content (AvgIpc) is 2.69. The first-order valence-electron chi connectivity index (χ1n) is 5.35. The summed E-state index contributed by atoms with van der Waals surface area (Å²) in [6.07, 6.45) is 1.39. The normalized spacial score (nSPS) is 23.0. The standard InChI is InChI=1S/C10H18O5S/c1-8(6-10(11)14-2)16(12,13)7-9-4-3-5-15-9/h8-9H,3-7H2,1-2H3. The Hall–Kier alpha value is -0.620. The molecule has 1 aliphatic heterocycles. The number of esters is 1. The number of carbonyl (C=O) groups is 1. The van der Waals surface area contributed by atoms with Crippen LogP contribution in [0.1, 0.15) is 26.2 Å². The Labute approximate surface area is 96.0 Å². The van der Waals surface area contributed by atoms with Crippen molar-refractivity contribution in [1.29, 1.82) is 0 Å². The van der Waals surface area contributed by atoms with Gasteiger partial charge in [-0.2, -0.15) is 0 Å². The number of hydrogen-bond donors (Lipinski definition) is 0. The highest BCUT2D eigenvalue weighted by Gasteiger charge is 2.29. The molecule has 0 aromatic heterocycles.